The lowest BCUT2D eigenvalue weighted by atomic mass is 10.2. The van der Waals surface area contributed by atoms with Gasteiger partial charge in [0.25, 0.3) is 5.56 Å². The zero-order chi connectivity index (χ0) is 18.0. The number of hydrogen-bond acceptors (Lipinski definition) is 7. The van der Waals surface area contributed by atoms with E-state index < -0.39 is 52.3 Å². The molecule has 1 aromatic heterocycles. The second-order valence-electron chi connectivity index (χ2n) is 5.03. The van der Waals surface area contributed by atoms with Gasteiger partial charge in [0.2, 0.25) is 5.82 Å². The van der Waals surface area contributed by atoms with Gasteiger partial charge in [0.1, 0.15) is 18.8 Å². The van der Waals surface area contributed by atoms with Crippen molar-refractivity contribution in [1.82, 2.24) is 9.55 Å². The van der Waals surface area contributed by atoms with E-state index in [9.17, 15) is 23.6 Å². The third-order valence-electron chi connectivity index (χ3n) is 3.22. The molecule has 1 aliphatic rings. The number of aromatic amines is 1. The van der Waals surface area contributed by atoms with E-state index in [1.165, 1.54) is 13.8 Å². The van der Waals surface area contributed by atoms with E-state index in [1.54, 1.807) is 0 Å². The third kappa shape index (κ3) is 3.90. The molecule has 1 aliphatic heterocycles. The number of rotatable bonds is 4. The minimum absolute atomic E-state index is 0.230. The molecular formula is C13H14BrFN2O7. The summed E-state index contributed by atoms with van der Waals surface area (Å²) in [6.07, 6.45) is -2.17. The Bertz CT molecular complexity index is 761. The van der Waals surface area contributed by atoms with Crippen LogP contribution in [0.5, 0.6) is 0 Å². The molecule has 0 spiro atoms. The number of hydrogen-bond donors (Lipinski definition) is 1. The van der Waals surface area contributed by atoms with Crippen molar-refractivity contribution in [3.05, 3.63) is 32.9 Å². The number of ether oxygens (including phenoxy) is 3. The van der Waals surface area contributed by atoms with E-state index in [0.29, 0.717) is 6.20 Å². The van der Waals surface area contributed by atoms with Gasteiger partial charge in [-0.3, -0.25) is 23.9 Å². The Morgan fingerprint density at radius 1 is 1.38 bits per heavy atom. The van der Waals surface area contributed by atoms with Crippen LogP contribution in [-0.4, -0.2) is 45.1 Å². The number of nitrogens with zero attached hydrogens (tertiary/aromatic N) is 1. The lowest BCUT2D eigenvalue weighted by Gasteiger charge is -2.19. The van der Waals surface area contributed by atoms with E-state index in [2.05, 4.69) is 15.9 Å². The molecule has 132 valence electrons. The van der Waals surface area contributed by atoms with Crippen LogP contribution in [-0.2, 0) is 23.8 Å². The quantitative estimate of drug-likeness (QED) is 0.542. The third-order valence-corrected chi connectivity index (χ3v) is 4.19. The molecule has 9 nitrogen and oxygen atoms in total. The fourth-order valence-electron chi connectivity index (χ4n) is 2.23. The number of carbonyl (C=O) groups excluding carboxylic acids is 2. The summed E-state index contributed by atoms with van der Waals surface area (Å²) in [5.74, 6) is -2.35. The molecule has 2 heterocycles. The lowest BCUT2D eigenvalue weighted by Crippen LogP contribution is -2.38. The molecule has 0 aliphatic carbocycles. The van der Waals surface area contributed by atoms with Gasteiger partial charge >= 0.3 is 17.6 Å². The fourth-order valence-corrected chi connectivity index (χ4v) is 3.06. The van der Waals surface area contributed by atoms with E-state index >= 15 is 0 Å². The van der Waals surface area contributed by atoms with E-state index in [-0.39, 0.29) is 6.61 Å². The van der Waals surface area contributed by atoms with Crippen molar-refractivity contribution in [3.63, 3.8) is 0 Å². The fraction of sp³-hybridized carbons (Fsp3) is 0.538. The largest absolute Gasteiger partial charge is 0.463 e. The van der Waals surface area contributed by atoms with Crippen molar-refractivity contribution < 1.29 is 28.2 Å². The molecule has 0 amide bonds. The summed E-state index contributed by atoms with van der Waals surface area (Å²) >= 11 is 3.24. The van der Waals surface area contributed by atoms with Gasteiger partial charge in [-0.25, -0.2) is 4.79 Å². The van der Waals surface area contributed by atoms with Gasteiger partial charge in [0, 0.05) is 13.8 Å². The standard InChI is InChI=1S/C13H14BrFN2O7/c1-5(18)22-4-8-10(23-6(2)19)9(14)12(24-8)17-3-7(15)11(20)16-13(17)21/h3,8-10,12H,4H2,1-2H3,(H,16,20,21)/t8?,9?,10-,12?/m1/s1. The van der Waals surface area contributed by atoms with Crippen LogP contribution in [0.15, 0.2) is 15.8 Å². The average Bonchev–Trinajstić information content (AvgIpc) is 2.77. The maximum absolute atomic E-state index is 13.5. The monoisotopic (exact) mass is 408 g/mol. The van der Waals surface area contributed by atoms with Gasteiger partial charge in [-0.15, -0.1) is 0 Å². The summed E-state index contributed by atoms with van der Waals surface area (Å²) in [6, 6.07) is 0. The molecule has 0 saturated carbocycles. The first-order valence-electron chi connectivity index (χ1n) is 6.81. The second-order valence-corrected chi connectivity index (χ2v) is 6.09. The van der Waals surface area contributed by atoms with Gasteiger partial charge in [-0.05, 0) is 0 Å². The summed E-state index contributed by atoms with van der Waals surface area (Å²) in [5, 5.41) is 0. The normalized spacial score (nSPS) is 26.2. The molecule has 3 unspecified atom stereocenters. The Morgan fingerprint density at radius 3 is 2.62 bits per heavy atom. The highest BCUT2D eigenvalue weighted by atomic mass is 79.9. The Hall–Kier alpha value is -2.01. The smallest absolute Gasteiger partial charge is 0.330 e. The number of halogens is 2. The first kappa shape index (κ1) is 18.3. The van der Waals surface area contributed by atoms with Crippen LogP contribution in [0.3, 0.4) is 0 Å². The lowest BCUT2D eigenvalue weighted by molar-refractivity contribution is -0.155. The maximum atomic E-state index is 13.5. The zero-order valence-corrected chi connectivity index (χ0v) is 14.2. The van der Waals surface area contributed by atoms with Crippen LogP contribution in [0.1, 0.15) is 20.1 Å². The molecule has 0 aromatic carbocycles. The average molecular weight is 409 g/mol. The van der Waals surface area contributed by atoms with Crippen LogP contribution in [0.25, 0.3) is 0 Å². The highest BCUT2D eigenvalue weighted by Crippen LogP contribution is 2.36. The van der Waals surface area contributed by atoms with Gasteiger partial charge in [0.15, 0.2) is 6.23 Å². The molecule has 1 fully saturated rings. The Labute approximate surface area is 142 Å². The van der Waals surface area contributed by atoms with Crippen LogP contribution >= 0.6 is 15.9 Å². The van der Waals surface area contributed by atoms with Gasteiger partial charge < -0.3 is 14.2 Å². The molecule has 24 heavy (non-hydrogen) atoms. The predicted octanol–water partition coefficient (Wildman–Crippen LogP) is -0.169. The number of H-pyrrole nitrogens is 1. The van der Waals surface area contributed by atoms with Crippen LogP contribution in [0.2, 0.25) is 0 Å². The maximum Gasteiger partial charge on any atom is 0.330 e. The SMILES string of the molecule is CC(=O)OCC1OC(n2cc(F)c(=O)[nH]c2=O)C(Br)[C@@H]1OC(C)=O. The minimum Gasteiger partial charge on any atom is -0.463 e. The van der Waals surface area contributed by atoms with Crippen LogP contribution in [0, 0.1) is 5.82 Å². The van der Waals surface area contributed by atoms with Crippen molar-refractivity contribution >= 4 is 27.9 Å². The summed E-state index contributed by atoms with van der Waals surface area (Å²) in [5.41, 5.74) is -2.06. The van der Waals surface area contributed by atoms with Gasteiger partial charge in [-0.1, -0.05) is 15.9 Å². The Kier molecular flexibility index (Phi) is 5.54. The molecule has 2 rings (SSSR count). The topological polar surface area (TPSA) is 117 Å². The Morgan fingerprint density at radius 2 is 2.04 bits per heavy atom. The minimum atomic E-state index is -1.18. The van der Waals surface area contributed by atoms with Gasteiger partial charge in [-0.2, -0.15) is 4.39 Å². The molecule has 1 aromatic rings. The Balaban J connectivity index is 2.33. The first-order chi connectivity index (χ1) is 11.2. The zero-order valence-electron chi connectivity index (χ0n) is 12.7. The van der Waals surface area contributed by atoms with Gasteiger partial charge in [0.05, 0.1) is 11.0 Å². The predicted molar refractivity (Wildman–Crippen MR) is 80.1 cm³/mol. The van der Waals surface area contributed by atoms with Crippen molar-refractivity contribution in [2.24, 2.45) is 0 Å². The van der Waals surface area contributed by atoms with E-state index in [0.717, 1.165) is 4.57 Å². The van der Waals surface area contributed by atoms with Crippen LogP contribution < -0.4 is 11.2 Å². The number of alkyl halides is 1. The number of nitrogens with one attached hydrogen (secondary N) is 1. The van der Waals surface area contributed by atoms with Crippen molar-refractivity contribution in [3.8, 4) is 0 Å². The summed E-state index contributed by atoms with van der Waals surface area (Å²) < 4.78 is 29.8. The molecule has 0 radical (unpaired) electrons. The van der Waals surface area contributed by atoms with Crippen molar-refractivity contribution in [1.29, 1.82) is 0 Å². The molecule has 4 atom stereocenters. The molecule has 0 bridgehead atoms. The van der Waals surface area contributed by atoms with Crippen molar-refractivity contribution in [2.45, 2.75) is 37.1 Å². The van der Waals surface area contributed by atoms with Crippen molar-refractivity contribution in [2.75, 3.05) is 6.61 Å². The molecule has 1 saturated heterocycles. The highest BCUT2D eigenvalue weighted by Gasteiger charge is 2.47. The summed E-state index contributed by atoms with van der Waals surface area (Å²) in [4.78, 5) is 46.3. The highest BCUT2D eigenvalue weighted by molar-refractivity contribution is 9.09. The van der Waals surface area contributed by atoms with Crippen LogP contribution in [0.4, 0.5) is 4.39 Å². The first-order valence-corrected chi connectivity index (χ1v) is 7.73. The molecule has 1 N–H and O–H groups in total. The van der Waals surface area contributed by atoms with E-state index in [1.807, 2.05) is 4.98 Å². The number of esters is 2. The number of carbonyl (C=O) groups is 2. The summed E-state index contributed by atoms with van der Waals surface area (Å²) in [7, 11) is 0. The molecule has 11 heteroatoms. The molecular weight excluding hydrogens is 395 g/mol. The number of aromatic nitrogens is 2. The second kappa shape index (κ2) is 7.26. The van der Waals surface area contributed by atoms with E-state index in [4.69, 9.17) is 14.2 Å². The summed E-state index contributed by atoms with van der Waals surface area (Å²) in [6.45, 7) is 2.15.